The summed E-state index contributed by atoms with van der Waals surface area (Å²) in [5, 5.41) is 25.8. The summed E-state index contributed by atoms with van der Waals surface area (Å²) in [6.07, 6.45) is 6.68. The van der Waals surface area contributed by atoms with Gasteiger partial charge in [0, 0.05) is 12.1 Å². The Labute approximate surface area is 159 Å². The lowest BCUT2D eigenvalue weighted by Crippen LogP contribution is -2.32. The lowest BCUT2D eigenvalue weighted by Gasteiger charge is -2.30. The van der Waals surface area contributed by atoms with Crippen molar-refractivity contribution in [3.05, 3.63) is 11.8 Å². The maximum atomic E-state index is 13.0. The molecular formula is C19H28FN5O2. The highest BCUT2D eigenvalue weighted by Gasteiger charge is 2.25. The Morgan fingerprint density at radius 2 is 2.00 bits per heavy atom. The first-order valence-corrected chi connectivity index (χ1v) is 9.81. The second-order valence-electron chi connectivity index (χ2n) is 7.53. The third kappa shape index (κ3) is 5.75. The third-order valence-electron chi connectivity index (χ3n) is 5.28. The smallest absolute Gasteiger partial charge is 0.224 e. The number of aliphatic hydroxyl groups excluding tert-OH is 1. The Morgan fingerprint density at radius 1 is 1.22 bits per heavy atom. The van der Waals surface area contributed by atoms with E-state index in [1.807, 2.05) is 0 Å². The largest absolute Gasteiger partial charge is 0.393 e. The van der Waals surface area contributed by atoms with E-state index in [9.17, 15) is 14.8 Å². The van der Waals surface area contributed by atoms with Crippen molar-refractivity contribution in [1.29, 1.82) is 5.26 Å². The number of rotatable bonds is 6. The molecule has 2 fully saturated rings. The summed E-state index contributed by atoms with van der Waals surface area (Å²) >= 11 is 0. The number of anilines is 2. The highest BCUT2D eigenvalue weighted by Crippen LogP contribution is 2.26. The molecule has 3 atom stereocenters. The molecule has 7 nitrogen and oxygen atoms in total. The molecule has 8 heteroatoms. The van der Waals surface area contributed by atoms with Crippen LogP contribution in [0, 0.1) is 11.3 Å². The fraction of sp³-hybridized carbons (Fsp3) is 0.737. The van der Waals surface area contributed by atoms with Gasteiger partial charge in [0.25, 0.3) is 0 Å². The first-order valence-electron chi connectivity index (χ1n) is 9.81. The van der Waals surface area contributed by atoms with E-state index in [0.717, 1.165) is 44.9 Å². The van der Waals surface area contributed by atoms with Crippen LogP contribution in [0.25, 0.3) is 0 Å². The van der Waals surface area contributed by atoms with Gasteiger partial charge >= 0.3 is 0 Å². The molecule has 27 heavy (non-hydrogen) atoms. The monoisotopic (exact) mass is 377 g/mol. The van der Waals surface area contributed by atoms with E-state index in [2.05, 4.69) is 26.7 Å². The molecule has 1 aromatic heterocycles. The number of ether oxygens (including phenoxy) is 1. The summed E-state index contributed by atoms with van der Waals surface area (Å²) in [4.78, 5) is 8.75. The standard InChI is InChI=1S/C19H28FN5O2/c1-12(20)27-17-7-5-14(6-8-17)24-19-22-11-13(10-21)18(25-19)23-15-3-2-4-16(26)9-15/h11-12,14-17,26H,2-9H2,1H3,(H2,22,23,24,25)/t12?,14?,15-,16+,17?/m1/s1. The highest BCUT2D eigenvalue weighted by atomic mass is 19.1. The maximum absolute atomic E-state index is 13.0. The number of nitrogens with one attached hydrogen (secondary N) is 2. The number of nitrogens with zero attached hydrogens (tertiary/aromatic N) is 3. The van der Waals surface area contributed by atoms with Crippen molar-refractivity contribution in [2.24, 2.45) is 0 Å². The average Bonchev–Trinajstić information content (AvgIpc) is 2.63. The molecule has 1 aromatic rings. The van der Waals surface area contributed by atoms with Crippen molar-refractivity contribution in [1.82, 2.24) is 9.97 Å². The van der Waals surface area contributed by atoms with Crippen LogP contribution in [0.3, 0.4) is 0 Å². The number of alkyl halides is 1. The van der Waals surface area contributed by atoms with Crippen molar-refractivity contribution in [3.8, 4) is 6.07 Å². The molecule has 0 amide bonds. The molecule has 148 valence electrons. The first-order chi connectivity index (χ1) is 13.0. The molecule has 0 aliphatic heterocycles. The Balaban J connectivity index is 1.59. The molecule has 1 unspecified atom stereocenters. The Kier molecular flexibility index (Phi) is 6.80. The van der Waals surface area contributed by atoms with Crippen molar-refractivity contribution in [2.75, 3.05) is 10.6 Å². The van der Waals surface area contributed by atoms with Crippen molar-refractivity contribution >= 4 is 11.8 Å². The maximum Gasteiger partial charge on any atom is 0.224 e. The topological polar surface area (TPSA) is 103 Å². The van der Waals surface area contributed by atoms with E-state index in [4.69, 9.17) is 4.74 Å². The molecule has 1 heterocycles. The van der Waals surface area contributed by atoms with Gasteiger partial charge in [0.15, 0.2) is 6.36 Å². The number of aromatic nitrogens is 2. The molecule has 2 saturated carbocycles. The van der Waals surface area contributed by atoms with Crippen LogP contribution >= 0.6 is 0 Å². The second kappa shape index (κ2) is 9.29. The second-order valence-corrected chi connectivity index (χ2v) is 7.53. The van der Waals surface area contributed by atoms with Crippen LogP contribution in [-0.2, 0) is 4.74 Å². The van der Waals surface area contributed by atoms with E-state index in [-0.39, 0.29) is 24.3 Å². The lowest BCUT2D eigenvalue weighted by molar-refractivity contribution is -0.0862. The summed E-state index contributed by atoms with van der Waals surface area (Å²) in [5.74, 6) is 0.994. The molecule has 0 spiro atoms. The van der Waals surface area contributed by atoms with E-state index in [0.29, 0.717) is 23.8 Å². The molecular weight excluding hydrogens is 349 g/mol. The molecule has 2 aliphatic carbocycles. The molecule has 0 aromatic carbocycles. The van der Waals surface area contributed by atoms with Gasteiger partial charge in [-0.05, 0) is 58.3 Å². The number of hydrogen-bond donors (Lipinski definition) is 3. The Hall–Kier alpha value is -1.98. The van der Waals surface area contributed by atoms with Gasteiger partial charge in [-0.25, -0.2) is 9.37 Å². The minimum Gasteiger partial charge on any atom is -0.393 e. The number of hydrogen-bond acceptors (Lipinski definition) is 7. The summed E-state index contributed by atoms with van der Waals surface area (Å²) in [6, 6.07) is 2.44. The Morgan fingerprint density at radius 3 is 2.67 bits per heavy atom. The molecule has 0 bridgehead atoms. The van der Waals surface area contributed by atoms with Gasteiger partial charge in [0.05, 0.1) is 18.4 Å². The van der Waals surface area contributed by atoms with Gasteiger partial charge < -0.3 is 20.5 Å². The predicted molar refractivity (Wildman–Crippen MR) is 100.0 cm³/mol. The zero-order chi connectivity index (χ0) is 19.2. The normalized spacial score (nSPS) is 29.6. The summed E-state index contributed by atoms with van der Waals surface area (Å²) in [7, 11) is 0. The zero-order valence-electron chi connectivity index (χ0n) is 15.7. The number of aliphatic hydroxyl groups is 1. The first kappa shape index (κ1) is 19.8. The fourth-order valence-electron chi connectivity index (χ4n) is 3.92. The third-order valence-corrected chi connectivity index (χ3v) is 5.28. The van der Waals surface area contributed by atoms with E-state index in [1.165, 1.54) is 13.1 Å². The van der Waals surface area contributed by atoms with Crippen LogP contribution < -0.4 is 10.6 Å². The van der Waals surface area contributed by atoms with Crippen LogP contribution in [0.1, 0.15) is 63.9 Å². The van der Waals surface area contributed by atoms with Crippen molar-refractivity contribution in [3.63, 3.8) is 0 Å². The minimum absolute atomic E-state index is 0.0279. The van der Waals surface area contributed by atoms with Crippen LogP contribution in [0.15, 0.2) is 6.20 Å². The van der Waals surface area contributed by atoms with Crippen molar-refractivity contribution in [2.45, 2.75) is 88.9 Å². The molecule has 0 radical (unpaired) electrons. The van der Waals surface area contributed by atoms with Gasteiger partial charge in [-0.15, -0.1) is 0 Å². The lowest BCUT2D eigenvalue weighted by atomic mass is 9.93. The van der Waals surface area contributed by atoms with Gasteiger partial charge in [-0.2, -0.15) is 10.2 Å². The highest BCUT2D eigenvalue weighted by molar-refractivity contribution is 5.54. The van der Waals surface area contributed by atoms with Crippen LogP contribution in [0.5, 0.6) is 0 Å². The van der Waals surface area contributed by atoms with Gasteiger partial charge in [0.1, 0.15) is 17.5 Å². The summed E-state index contributed by atoms with van der Waals surface area (Å²) < 4.78 is 18.2. The fourth-order valence-corrected chi connectivity index (χ4v) is 3.92. The molecule has 3 N–H and O–H groups in total. The van der Waals surface area contributed by atoms with Crippen LogP contribution in [0.4, 0.5) is 16.2 Å². The number of nitriles is 1. The Bertz CT molecular complexity index is 658. The van der Waals surface area contributed by atoms with Gasteiger partial charge in [-0.1, -0.05) is 0 Å². The van der Waals surface area contributed by atoms with Gasteiger partial charge in [-0.3, -0.25) is 0 Å². The van der Waals surface area contributed by atoms with E-state index in [1.54, 1.807) is 0 Å². The summed E-state index contributed by atoms with van der Waals surface area (Å²) in [6.45, 7) is 1.41. The van der Waals surface area contributed by atoms with Gasteiger partial charge in [0.2, 0.25) is 5.95 Å². The SMILES string of the molecule is CC(F)OC1CCC(Nc2ncc(C#N)c(N[C@@H]3CCC[C@H](O)C3)n2)CC1. The average molecular weight is 377 g/mol. The molecule has 0 saturated heterocycles. The predicted octanol–water partition coefficient (Wildman–Crippen LogP) is 3.12. The van der Waals surface area contributed by atoms with Crippen LogP contribution in [-0.4, -0.2) is 45.7 Å². The van der Waals surface area contributed by atoms with E-state index < -0.39 is 6.36 Å². The van der Waals surface area contributed by atoms with Crippen molar-refractivity contribution < 1.29 is 14.2 Å². The summed E-state index contributed by atoms with van der Waals surface area (Å²) in [5.41, 5.74) is 0.398. The molecule has 3 rings (SSSR count). The van der Waals surface area contributed by atoms with E-state index >= 15 is 0 Å². The number of halogens is 1. The molecule has 2 aliphatic rings. The van der Waals surface area contributed by atoms with Crippen LogP contribution in [0.2, 0.25) is 0 Å². The minimum atomic E-state index is -1.23. The zero-order valence-corrected chi connectivity index (χ0v) is 15.7. The quantitative estimate of drug-likeness (QED) is 0.700.